The molecule has 0 fully saturated rings. The molecule has 0 aromatic rings. The van der Waals surface area contributed by atoms with Crippen molar-refractivity contribution in [3.8, 4) is 0 Å². The molecule has 62 valence electrons. The van der Waals surface area contributed by atoms with Crippen molar-refractivity contribution < 1.29 is 41.5 Å². The molecule has 0 spiro atoms. The summed E-state index contributed by atoms with van der Waals surface area (Å²) < 4.78 is 0. The normalized spacial score (nSPS) is 11.4. The van der Waals surface area contributed by atoms with E-state index >= 15 is 0 Å². The summed E-state index contributed by atoms with van der Waals surface area (Å²) >= 11 is 0. The Balaban J connectivity index is 0. The molecule has 6 heteroatoms. The maximum atomic E-state index is 9.99. The van der Waals surface area contributed by atoms with Crippen molar-refractivity contribution in [1.29, 1.82) is 0 Å². The Hall–Kier alpha value is -0.386. The van der Waals surface area contributed by atoms with Crippen LogP contribution in [0.5, 0.6) is 0 Å². The topological polar surface area (TPSA) is 101 Å². The van der Waals surface area contributed by atoms with Crippen molar-refractivity contribution in [3.63, 3.8) is 0 Å². The Morgan fingerprint density at radius 3 is 2.09 bits per heavy atom. The third kappa shape index (κ3) is 7.51. The largest absolute Gasteiger partial charge is 0.481 e. The van der Waals surface area contributed by atoms with Gasteiger partial charge in [0.2, 0.25) is 0 Å². The first-order chi connectivity index (χ1) is 4.54. The van der Waals surface area contributed by atoms with E-state index in [9.17, 15) is 9.59 Å². The standard InChI is InChI=1S/C5H9NO4.Ti/c6-3(5(9)10)1-2-4(7)8;/h3H,1-2,6H2,(H,7,8)(H,9,10);. The first-order valence-corrected chi connectivity index (χ1v) is 2.74. The molecule has 1 unspecified atom stereocenters. The maximum Gasteiger partial charge on any atom is 0.320 e. The molecule has 0 aliphatic carbocycles. The van der Waals surface area contributed by atoms with Crippen molar-refractivity contribution in [1.82, 2.24) is 0 Å². The van der Waals surface area contributed by atoms with Gasteiger partial charge in [0.1, 0.15) is 6.04 Å². The van der Waals surface area contributed by atoms with E-state index in [0.717, 1.165) is 0 Å². The number of aliphatic carboxylic acids is 2. The fourth-order valence-electron chi connectivity index (χ4n) is 0.402. The van der Waals surface area contributed by atoms with Crippen LogP contribution in [0.1, 0.15) is 12.8 Å². The number of nitrogens with two attached hydrogens (primary N) is 1. The summed E-state index contributed by atoms with van der Waals surface area (Å²) in [5.41, 5.74) is 5.00. The van der Waals surface area contributed by atoms with Gasteiger partial charge >= 0.3 is 11.9 Å². The molecule has 11 heavy (non-hydrogen) atoms. The number of hydrogen-bond donors (Lipinski definition) is 3. The van der Waals surface area contributed by atoms with Gasteiger partial charge in [-0.25, -0.2) is 0 Å². The van der Waals surface area contributed by atoms with E-state index in [-0.39, 0.29) is 34.6 Å². The van der Waals surface area contributed by atoms with Crippen molar-refractivity contribution in [2.45, 2.75) is 18.9 Å². The molecular formula is C5H9NO4Ti. The average Bonchev–Trinajstić information content (AvgIpc) is 1.82. The predicted molar refractivity (Wildman–Crippen MR) is 32.5 cm³/mol. The average molecular weight is 195 g/mol. The quantitative estimate of drug-likeness (QED) is 0.513. The SMILES string of the molecule is NC(CCC(=O)O)C(=O)O.[Ti]. The van der Waals surface area contributed by atoms with Crippen molar-refractivity contribution >= 4 is 11.9 Å². The molecule has 1 atom stereocenters. The van der Waals surface area contributed by atoms with Gasteiger partial charge < -0.3 is 15.9 Å². The Labute approximate surface area is 78.5 Å². The zero-order chi connectivity index (χ0) is 8.15. The molecular weight excluding hydrogens is 186 g/mol. The molecule has 5 nitrogen and oxygen atoms in total. The number of carbonyl (C=O) groups is 2. The monoisotopic (exact) mass is 195 g/mol. The van der Waals surface area contributed by atoms with Crippen LogP contribution >= 0.6 is 0 Å². The van der Waals surface area contributed by atoms with Gasteiger partial charge in [-0.15, -0.1) is 0 Å². The molecule has 0 aromatic heterocycles. The summed E-state index contributed by atoms with van der Waals surface area (Å²) in [5.74, 6) is -2.20. The van der Waals surface area contributed by atoms with Gasteiger partial charge in [-0.2, -0.15) is 0 Å². The van der Waals surface area contributed by atoms with Crippen LogP contribution in [0.2, 0.25) is 0 Å². The summed E-state index contributed by atoms with van der Waals surface area (Å²) in [7, 11) is 0. The van der Waals surface area contributed by atoms with E-state index in [0.29, 0.717) is 0 Å². The summed E-state index contributed by atoms with van der Waals surface area (Å²) in [6.45, 7) is 0. The molecule has 0 rings (SSSR count). The smallest absolute Gasteiger partial charge is 0.320 e. The second kappa shape index (κ2) is 6.33. The van der Waals surface area contributed by atoms with Gasteiger partial charge in [0.15, 0.2) is 0 Å². The van der Waals surface area contributed by atoms with Crippen LogP contribution in [0.4, 0.5) is 0 Å². The van der Waals surface area contributed by atoms with E-state index in [1.807, 2.05) is 0 Å². The summed E-state index contributed by atoms with van der Waals surface area (Å²) in [4.78, 5) is 19.9. The van der Waals surface area contributed by atoms with Crippen molar-refractivity contribution in [3.05, 3.63) is 0 Å². The second-order valence-electron chi connectivity index (χ2n) is 1.88. The zero-order valence-electron chi connectivity index (χ0n) is 5.78. The fourth-order valence-corrected chi connectivity index (χ4v) is 0.402. The van der Waals surface area contributed by atoms with Crippen LogP contribution in [-0.4, -0.2) is 28.2 Å². The molecule has 0 saturated carbocycles. The number of carboxylic acids is 2. The number of carboxylic acid groups (broad SMARTS) is 2. The zero-order valence-corrected chi connectivity index (χ0v) is 7.34. The van der Waals surface area contributed by atoms with Gasteiger partial charge in [0.05, 0.1) is 0 Å². The van der Waals surface area contributed by atoms with E-state index in [1.165, 1.54) is 0 Å². The summed E-state index contributed by atoms with van der Waals surface area (Å²) in [6.07, 6.45) is -0.224. The van der Waals surface area contributed by atoms with Crippen LogP contribution < -0.4 is 5.73 Å². The van der Waals surface area contributed by atoms with E-state index in [4.69, 9.17) is 15.9 Å². The van der Waals surface area contributed by atoms with Gasteiger partial charge in [0.25, 0.3) is 0 Å². The molecule has 0 aliphatic heterocycles. The van der Waals surface area contributed by atoms with Crippen LogP contribution in [0.15, 0.2) is 0 Å². The van der Waals surface area contributed by atoms with E-state index in [1.54, 1.807) is 0 Å². The maximum absolute atomic E-state index is 9.99. The Bertz CT molecular complexity index is 149. The minimum Gasteiger partial charge on any atom is -0.481 e. The molecule has 0 radical (unpaired) electrons. The molecule has 4 N–H and O–H groups in total. The summed E-state index contributed by atoms with van der Waals surface area (Å²) in [6, 6.07) is -1.06. The summed E-state index contributed by atoms with van der Waals surface area (Å²) in [5, 5.41) is 16.3. The first-order valence-electron chi connectivity index (χ1n) is 2.74. The third-order valence-electron chi connectivity index (χ3n) is 0.986. The second-order valence-corrected chi connectivity index (χ2v) is 1.88. The van der Waals surface area contributed by atoms with Gasteiger partial charge in [0, 0.05) is 28.1 Å². The van der Waals surface area contributed by atoms with Gasteiger partial charge in [-0.3, -0.25) is 9.59 Å². The predicted octanol–water partition coefficient (Wildman–Crippen LogP) is -0.739. The minimum atomic E-state index is -1.17. The Morgan fingerprint density at radius 1 is 1.36 bits per heavy atom. The first kappa shape index (κ1) is 13.2. The molecule has 0 aliphatic rings. The third-order valence-corrected chi connectivity index (χ3v) is 0.986. The van der Waals surface area contributed by atoms with Gasteiger partial charge in [-0.05, 0) is 6.42 Å². The minimum absolute atomic E-state index is 0. The van der Waals surface area contributed by atoms with Crippen LogP contribution in [0.3, 0.4) is 0 Å². The van der Waals surface area contributed by atoms with Crippen LogP contribution in [0, 0.1) is 0 Å². The van der Waals surface area contributed by atoms with Crippen molar-refractivity contribution in [2.24, 2.45) is 5.73 Å². The molecule has 0 aromatic carbocycles. The Kier molecular flexibility index (Phi) is 7.61. The van der Waals surface area contributed by atoms with E-state index in [2.05, 4.69) is 0 Å². The van der Waals surface area contributed by atoms with Gasteiger partial charge in [-0.1, -0.05) is 0 Å². The fraction of sp³-hybridized carbons (Fsp3) is 0.600. The van der Waals surface area contributed by atoms with Crippen LogP contribution in [-0.2, 0) is 31.3 Å². The molecule has 0 heterocycles. The Morgan fingerprint density at radius 2 is 1.82 bits per heavy atom. The molecule has 0 saturated heterocycles. The molecule has 0 bridgehead atoms. The number of rotatable bonds is 4. The van der Waals surface area contributed by atoms with E-state index < -0.39 is 18.0 Å². The molecule has 0 amide bonds. The van der Waals surface area contributed by atoms with Crippen molar-refractivity contribution in [2.75, 3.05) is 0 Å². The van der Waals surface area contributed by atoms with Crippen LogP contribution in [0.25, 0.3) is 0 Å². The number of hydrogen-bond acceptors (Lipinski definition) is 3.